The van der Waals surface area contributed by atoms with E-state index in [1.807, 2.05) is 67.6 Å². The molecule has 1 aliphatic rings. The molecule has 4 rings (SSSR count). The van der Waals surface area contributed by atoms with Crippen LogP contribution in [0.2, 0.25) is 0 Å². The van der Waals surface area contributed by atoms with E-state index in [9.17, 15) is 4.79 Å². The summed E-state index contributed by atoms with van der Waals surface area (Å²) < 4.78 is 23.5. The van der Waals surface area contributed by atoms with Crippen molar-refractivity contribution in [3.05, 3.63) is 87.9 Å². The molecule has 0 aliphatic carbocycles. The number of ether oxygens (including phenoxy) is 4. The molecule has 1 aliphatic heterocycles. The second-order valence-corrected chi connectivity index (χ2v) is 10.1. The Hall–Kier alpha value is -3.56. The third-order valence-electron chi connectivity index (χ3n) is 6.61. The van der Waals surface area contributed by atoms with Crippen LogP contribution >= 0.6 is 15.9 Å². The van der Waals surface area contributed by atoms with Crippen LogP contribution in [0.25, 0.3) is 0 Å². The zero-order chi connectivity index (χ0) is 27.8. The molecule has 0 bridgehead atoms. The van der Waals surface area contributed by atoms with Crippen LogP contribution in [0, 0.1) is 0 Å². The molecule has 2 atom stereocenters. The van der Waals surface area contributed by atoms with Crippen LogP contribution in [0.1, 0.15) is 30.0 Å². The van der Waals surface area contributed by atoms with Crippen molar-refractivity contribution in [2.75, 3.05) is 27.4 Å². The van der Waals surface area contributed by atoms with Gasteiger partial charge in [0.15, 0.2) is 5.54 Å². The van der Waals surface area contributed by atoms with Crippen LogP contribution in [0.5, 0.6) is 17.2 Å². The maximum Gasteiger partial charge on any atom is 0.252 e. The highest BCUT2D eigenvalue weighted by molar-refractivity contribution is 9.10. The SMILES string of the molecule is COc1cc(CNC(=O)[C@]2(Cc3ccccc3Br)N=C(c3ccc(OCCCO)cc3)O[C@@H]2C)cc(OC)c1. The van der Waals surface area contributed by atoms with E-state index in [2.05, 4.69) is 21.2 Å². The van der Waals surface area contributed by atoms with Gasteiger partial charge in [-0.25, -0.2) is 4.99 Å². The lowest BCUT2D eigenvalue weighted by molar-refractivity contribution is -0.128. The second kappa shape index (κ2) is 13.0. The average molecular weight is 598 g/mol. The number of nitrogens with zero attached hydrogens (tertiary/aromatic N) is 1. The standard InChI is InChI=1S/C30H33BrN2O6/c1-20-30(18-23-7-4-5-8-27(23)31,29(35)32-19-21-15-25(36-2)17-26(16-21)37-3)33-28(39-20)22-9-11-24(12-10-22)38-14-6-13-34/h4-5,7-12,15-17,20,34H,6,13-14,18-19H2,1-3H3,(H,32,35)/t20-,30-/m1/s1. The summed E-state index contributed by atoms with van der Waals surface area (Å²) in [7, 11) is 3.18. The van der Waals surface area contributed by atoms with Gasteiger partial charge < -0.3 is 29.4 Å². The van der Waals surface area contributed by atoms with E-state index in [1.165, 1.54) is 0 Å². The molecule has 1 amide bonds. The van der Waals surface area contributed by atoms with Gasteiger partial charge in [-0.2, -0.15) is 0 Å². The molecule has 39 heavy (non-hydrogen) atoms. The first kappa shape index (κ1) is 28.4. The van der Waals surface area contributed by atoms with Crippen LogP contribution in [0.4, 0.5) is 0 Å². The van der Waals surface area contributed by atoms with Crippen LogP contribution in [-0.4, -0.2) is 56.0 Å². The Balaban J connectivity index is 1.62. The molecule has 8 nitrogen and oxygen atoms in total. The van der Waals surface area contributed by atoms with Crippen molar-refractivity contribution in [1.29, 1.82) is 0 Å². The Morgan fingerprint density at radius 1 is 1.05 bits per heavy atom. The first-order chi connectivity index (χ1) is 18.9. The number of aliphatic hydroxyl groups excluding tert-OH is 1. The Morgan fingerprint density at radius 3 is 2.38 bits per heavy atom. The van der Waals surface area contributed by atoms with E-state index in [0.717, 1.165) is 21.2 Å². The molecular formula is C30H33BrN2O6. The van der Waals surface area contributed by atoms with Crippen molar-refractivity contribution < 1.29 is 28.8 Å². The summed E-state index contributed by atoms with van der Waals surface area (Å²) in [6.45, 7) is 2.64. The number of amides is 1. The summed E-state index contributed by atoms with van der Waals surface area (Å²) in [6.07, 6.45) is 0.374. The number of nitrogens with one attached hydrogen (secondary N) is 1. The number of methoxy groups -OCH3 is 2. The molecular weight excluding hydrogens is 564 g/mol. The Labute approximate surface area is 237 Å². The lowest BCUT2D eigenvalue weighted by Crippen LogP contribution is -2.52. The Morgan fingerprint density at radius 2 is 1.74 bits per heavy atom. The number of aliphatic imine (C=N–C) groups is 1. The Bertz CT molecular complexity index is 1290. The second-order valence-electron chi connectivity index (χ2n) is 9.22. The van der Waals surface area contributed by atoms with Gasteiger partial charge in [-0.3, -0.25) is 4.79 Å². The highest BCUT2D eigenvalue weighted by Gasteiger charge is 2.50. The van der Waals surface area contributed by atoms with Crippen LogP contribution in [-0.2, 0) is 22.5 Å². The normalized spacial score (nSPS) is 18.2. The summed E-state index contributed by atoms with van der Waals surface area (Å²) in [5, 5.41) is 12.0. The molecule has 0 radical (unpaired) electrons. The fourth-order valence-electron chi connectivity index (χ4n) is 4.38. The molecule has 1 heterocycles. The molecule has 3 aromatic carbocycles. The third-order valence-corrected chi connectivity index (χ3v) is 7.38. The van der Waals surface area contributed by atoms with Crippen molar-refractivity contribution >= 4 is 27.7 Å². The predicted octanol–water partition coefficient (Wildman–Crippen LogP) is 4.69. The first-order valence-corrected chi connectivity index (χ1v) is 13.5. The lowest BCUT2D eigenvalue weighted by Gasteiger charge is -2.28. The van der Waals surface area contributed by atoms with Gasteiger partial charge in [-0.1, -0.05) is 34.1 Å². The van der Waals surface area contributed by atoms with Gasteiger partial charge in [-0.15, -0.1) is 0 Å². The van der Waals surface area contributed by atoms with Gasteiger partial charge in [0.25, 0.3) is 5.91 Å². The first-order valence-electron chi connectivity index (χ1n) is 12.7. The minimum Gasteiger partial charge on any atom is -0.497 e. The summed E-state index contributed by atoms with van der Waals surface area (Å²) in [5.41, 5.74) is 1.33. The highest BCUT2D eigenvalue weighted by Crippen LogP contribution is 2.35. The molecule has 9 heteroatoms. The summed E-state index contributed by atoms with van der Waals surface area (Å²) in [5.74, 6) is 2.12. The van der Waals surface area contributed by atoms with E-state index in [4.69, 9.17) is 29.0 Å². The smallest absolute Gasteiger partial charge is 0.252 e. The van der Waals surface area contributed by atoms with Crippen LogP contribution < -0.4 is 19.5 Å². The molecule has 0 saturated carbocycles. The van der Waals surface area contributed by atoms with Crippen molar-refractivity contribution in [2.45, 2.75) is 38.0 Å². The van der Waals surface area contributed by atoms with Crippen molar-refractivity contribution in [3.8, 4) is 17.2 Å². The highest BCUT2D eigenvalue weighted by atomic mass is 79.9. The Kier molecular flexibility index (Phi) is 9.48. The number of hydrogen-bond donors (Lipinski definition) is 2. The number of rotatable bonds is 12. The van der Waals surface area contributed by atoms with Crippen LogP contribution in [0.3, 0.4) is 0 Å². The van der Waals surface area contributed by atoms with E-state index >= 15 is 0 Å². The largest absolute Gasteiger partial charge is 0.497 e. The van der Waals surface area contributed by atoms with Gasteiger partial charge in [-0.05, 0) is 60.5 Å². The van der Waals surface area contributed by atoms with Gasteiger partial charge in [0, 0.05) is 42.1 Å². The number of carbonyl (C=O) groups excluding carboxylic acids is 1. The average Bonchev–Trinajstić information content (AvgIpc) is 3.29. The molecule has 0 unspecified atom stereocenters. The van der Waals surface area contributed by atoms with Crippen molar-refractivity contribution in [1.82, 2.24) is 5.32 Å². The lowest BCUT2D eigenvalue weighted by atomic mass is 9.86. The maximum absolute atomic E-state index is 13.9. The minimum atomic E-state index is -1.20. The molecule has 0 saturated heterocycles. The number of halogens is 1. The fraction of sp³-hybridized carbons (Fsp3) is 0.333. The van der Waals surface area contributed by atoms with E-state index in [1.54, 1.807) is 20.3 Å². The molecule has 0 fully saturated rings. The number of aliphatic hydroxyl groups is 1. The van der Waals surface area contributed by atoms with Gasteiger partial charge in [0.05, 0.1) is 20.8 Å². The third kappa shape index (κ3) is 6.72. The van der Waals surface area contributed by atoms with E-state index < -0.39 is 11.6 Å². The zero-order valence-electron chi connectivity index (χ0n) is 22.3. The van der Waals surface area contributed by atoms with E-state index in [-0.39, 0.29) is 19.1 Å². The summed E-state index contributed by atoms with van der Waals surface area (Å²) in [4.78, 5) is 18.9. The molecule has 3 aromatic rings. The number of carbonyl (C=O) groups is 1. The monoisotopic (exact) mass is 596 g/mol. The predicted molar refractivity (Wildman–Crippen MR) is 153 cm³/mol. The van der Waals surface area contributed by atoms with Gasteiger partial charge >= 0.3 is 0 Å². The topological polar surface area (TPSA) is 98.6 Å². The molecule has 0 spiro atoms. The van der Waals surface area contributed by atoms with Gasteiger partial charge in [0.2, 0.25) is 5.90 Å². The molecule has 206 valence electrons. The van der Waals surface area contributed by atoms with Crippen molar-refractivity contribution in [3.63, 3.8) is 0 Å². The molecule has 2 N–H and O–H groups in total. The minimum absolute atomic E-state index is 0.0770. The van der Waals surface area contributed by atoms with Crippen molar-refractivity contribution in [2.24, 2.45) is 4.99 Å². The number of benzene rings is 3. The zero-order valence-corrected chi connectivity index (χ0v) is 23.9. The van der Waals surface area contributed by atoms with Crippen LogP contribution in [0.15, 0.2) is 76.2 Å². The summed E-state index contributed by atoms with van der Waals surface area (Å²) in [6, 6.07) is 20.7. The fourth-order valence-corrected chi connectivity index (χ4v) is 4.80. The summed E-state index contributed by atoms with van der Waals surface area (Å²) >= 11 is 3.62. The van der Waals surface area contributed by atoms with Gasteiger partial charge in [0.1, 0.15) is 23.4 Å². The maximum atomic E-state index is 13.9. The number of hydrogen-bond acceptors (Lipinski definition) is 7. The quantitative estimate of drug-likeness (QED) is 0.294. The van der Waals surface area contributed by atoms with E-state index in [0.29, 0.717) is 42.6 Å². The molecule has 0 aromatic heterocycles.